The van der Waals surface area contributed by atoms with E-state index in [1.807, 2.05) is 18.2 Å². The lowest BCUT2D eigenvalue weighted by atomic mass is 9.90. The van der Waals surface area contributed by atoms with Crippen LogP contribution in [0.1, 0.15) is 19.3 Å². The predicted octanol–water partition coefficient (Wildman–Crippen LogP) is 1.21. The van der Waals surface area contributed by atoms with Crippen LogP contribution in [-0.4, -0.2) is 69.0 Å². The standard InChI is InChI=1S/C19H26N2O5/c1-23-14-2-3-16-17(10-14)24-11-15(26-16)4-7-21-8-5-19(6-9-21)13-20-18(22)12-25-19/h2-3,10,15H,4-9,11-13H2,1H3,(H,20,22). The molecule has 7 nitrogen and oxygen atoms in total. The maximum Gasteiger partial charge on any atom is 0.246 e. The van der Waals surface area contributed by atoms with Crippen molar-refractivity contribution in [3.63, 3.8) is 0 Å². The van der Waals surface area contributed by atoms with Crippen LogP contribution in [-0.2, 0) is 9.53 Å². The summed E-state index contributed by atoms with van der Waals surface area (Å²) < 4.78 is 22.9. The van der Waals surface area contributed by atoms with Crippen molar-refractivity contribution in [3.8, 4) is 17.2 Å². The Balaban J connectivity index is 1.23. The Kier molecular flexibility index (Phi) is 4.91. The van der Waals surface area contributed by atoms with Crippen LogP contribution in [0.2, 0.25) is 0 Å². The second kappa shape index (κ2) is 7.32. The molecule has 0 bridgehead atoms. The van der Waals surface area contributed by atoms with E-state index in [4.69, 9.17) is 18.9 Å². The molecular weight excluding hydrogens is 336 g/mol. The zero-order chi connectivity index (χ0) is 18.0. The topological polar surface area (TPSA) is 69.3 Å². The minimum atomic E-state index is -0.160. The number of amides is 1. The molecular formula is C19H26N2O5. The molecule has 0 aliphatic carbocycles. The first-order valence-corrected chi connectivity index (χ1v) is 9.26. The van der Waals surface area contributed by atoms with Crippen LogP contribution in [0, 0.1) is 0 Å². The Hall–Kier alpha value is -1.99. The zero-order valence-corrected chi connectivity index (χ0v) is 15.2. The average molecular weight is 362 g/mol. The number of carbonyl (C=O) groups is 1. The summed E-state index contributed by atoms with van der Waals surface area (Å²) >= 11 is 0. The van der Waals surface area contributed by atoms with Gasteiger partial charge in [-0.15, -0.1) is 0 Å². The molecule has 1 aromatic rings. The molecule has 4 rings (SSSR count). The van der Waals surface area contributed by atoms with Crippen molar-refractivity contribution >= 4 is 5.91 Å². The van der Waals surface area contributed by atoms with Crippen LogP contribution in [0.4, 0.5) is 0 Å². The average Bonchev–Trinajstić information content (AvgIpc) is 2.69. The SMILES string of the molecule is COc1ccc2c(c1)OCC(CCN1CCC3(CC1)CNC(=O)CO3)O2. The number of morpholine rings is 1. The monoisotopic (exact) mass is 362 g/mol. The van der Waals surface area contributed by atoms with Gasteiger partial charge in [0, 0.05) is 38.7 Å². The van der Waals surface area contributed by atoms with Crippen LogP contribution in [0.25, 0.3) is 0 Å². The molecule has 0 saturated carbocycles. The fourth-order valence-corrected chi connectivity index (χ4v) is 3.78. The van der Waals surface area contributed by atoms with Gasteiger partial charge in [0.15, 0.2) is 11.5 Å². The van der Waals surface area contributed by atoms with E-state index < -0.39 is 0 Å². The normalized spacial score (nSPS) is 25.0. The van der Waals surface area contributed by atoms with E-state index in [1.54, 1.807) is 7.11 Å². The molecule has 1 amide bonds. The molecule has 3 heterocycles. The van der Waals surface area contributed by atoms with E-state index in [0.29, 0.717) is 13.2 Å². The Morgan fingerprint density at radius 3 is 2.88 bits per heavy atom. The third-order valence-electron chi connectivity index (χ3n) is 5.52. The summed E-state index contributed by atoms with van der Waals surface area (Å²) in [5.41, 5.74) is -0.160. The third kappa shape index (κ3) is 3.73. The molecule has 1 unspecified atom stereocenters. The van der Waals surface area contributed by atoms with Gasteiger partial charge in [0.2, 0.25) is 5.91 Å². The number of piperidine rings is 1. The van der Waals surface area contributed by atoms with Crippen molar-refractivity contribution in [1.82, 2.24) is 10.2 Å². The second-order valence-corrected chi connectivity index (χ2v) is 7.24. The number of fused-ring (bicyclic) bond motifs is 1. The minimum Gasteiger partial charge on any atom is -0.497 e. The number of hydrogen-bond acceptors (Lipinski definition) is 6. The molecule has 2 saturated heterocycles. The molecule has 26 heavy (non-hydrogen) atoms. The summed E-state index contributed by atoms with van der Waals surface area (Å²) in [6.45, 7) is 4.33. The first-order chi connectivity index (χ1) is 12.7. The summed E-state index contributed by atoms with van der Waals surface area (Å²) in [5.74, 6) is 2.29. The minimum absolute atomic E-state index is 0.00889. The van der Waals surface area contributed by atoms with Gasteiger partial charge >= 0.3 is 0 Å². The van der Waals surface area contributed by atoms with Gasteiger partial charge in [-0.1, -0.05) is 0 Å². The third-order valence-corrected chi connectivity index (χ3v) is 5.52. The van der Waals surface area contributed by atoms with Crippen LogP contribution in [0.5, 0.6) is 17.2 Å². The molecule has 0 radical (unpaired) electrons. The number of methoxy groups -OCH3 is 1. The quantitative estimate of drug-likeness (QED) is 0.868. The number of hydrogen-bond donors (Lipinski definition) is 1. The van der Waals surface area contributed by atoms with Crippen LogP contribution in [0.15, 0.2) is 18.2 Å². The van der Waals surface area contributed by atoms with Gasteiger partial charge in [-0.2, -0.15) is 0 Å². The van der Waals surface area contributed by atoms with Crippen molar-refractivity contribution < 1.29 is 23.7 Å². The highest BCUT2D eigenvalue weighted by Crippen LogP contribution is 2.35. The fraction of sp³-hybridized carbons (Fsp3) is 0.632. The molecule has 7 heteroatoms. The Morgan fingerprint density at radius 1 is 1.31 bits per heavy atom. The second-order valence-electron chi connectivity index (χ2n) is 7.24. The molecule has 3 aliphatic heterocycles. The van der Waals surface area contributed by atoms with E-state index in [1.165, 1.54) is 0 Å². The summed E-state index contributed by atoms with van der Waals surface area (Å²) in [6, 6.07) is 5.65. The Bertz CT molecular complexity index is 645. The largest absolute Gasteiger partial charge is 0.497 e. The summed E-state index contributed by atoms with van der Waals surface area (Å²) in [5, 5.41) is 2.93. The van der Waals surface area contributed by atoms with Crippen LogP contribution in [0.3, 0.4) is 0 Å². The first-order valence-electron chi connectivity index (χ1n) is 9.26. The number of carbonyl (C=O) groups excluding carboxylic acids is 1. The van der Waals surface area contributed by atoms with Crippen LogP contribution >= 0.6 is 0 Å². The first kappa shape index (κ1) is 17.4. The summed E-state index contributed by atoms with van der Waals surface area (Å²) in [7, 11) is 1.64. The van der Waals surface area contributed by atoms with Gasteiger partial charge < -0.3 is 29.2 Å². The number of nitrogens with one attached hydrogen (secondary N) is 1. The van der Waals surface area contributed by atoms with Crippen molar-refractivity contribution in [1.29, 1.82) is 0 Å². The lowest BCUT2D eigenvalue weighted by Crippen LogP contribution is -2.57. The zero-order valence-electron chi connectivity index (χ0n) is 15.2. The van der Waals surface area contributed by atoms with E-state index >= 15 is 0 Å². The molecule has 2 fully saturated rings. The van der Waals surface area contributed by atoms with Gasteiger partial charge in [0.25, 0.3) is 0 Å². The van der Waals surface area contributed by atoms with E-state index in [2.05, 4.69) is 10.2 Å². The highest BCUT2D eigenvalue weighted by molar-refractivity contribution is 5.78. The van der Waals surface area contributed by atoms with Crippen molar-refractivity contribution in [2.75, 3.05) is 46.5 Å². The lowest BCUT2D eigenvalue weighted by molar-refractivity contribution is -0.150. The smallest absolute Gasteiger partial charge is 0.246 e. The molecule has 1 N–H and O–H groups in total. The number of rotatable bonds is 4. The maximum atomic E-state index is 11.3. The van der Waals surface area contributed by atoms with Gasteiger partial charge in [0.05, 0.1) is 12.7 Å². The van der Waals surface area contributed by atoms with E-state index in [9.17, 15) is 4.79 Å². The molecule has 1 atom stereocenters. The van der Waals surface area contributed by atoms with Crippen molar-refractivity contribution in [2.24, 2.45) is 0 Å². The lowest BCUT2D eigenvalue weighted by Gasteiger charge is -2.43. The predicted molar refractivity (Wildman–Crippen MR) is 94.9 cm³/mol. The Labute approximate surface area is 153 Å². The number of ether oxygens (including phenoxy) is 4. The summed E-state index contributed by atoms with van der Waals surface area (Å²) in [4.78, 5) is 13.7. The van der Waals surface area contributed by atoms with Crippen molar-refractivity contribution in [2.45, 2.75) is 31.0 Å². The summed E-state index contributed by atoms with van der Waals surface area (Å²) in [6.07, 6.45) is 2.91. The number of nitrogens with zero attached hydrogens (tertiary/aromatic N) is 1. The number of likely N-dealkylation sites (tertiary alicyclic amines) is 1. The van der Waals surface area contributed by atoms with E-state index in [-0.39, 0.29) is 24.2 Å². The Morgan fingerprint density at radius 2 is 2.15 bits per heavy atom. The van der Waals surface area contributed by atoms with Crippen LogP contribution < -0.4 is 19.5 Å². The highest BCUT2D eigenvalue weighted by atomic mass is 16.6. The van der Waals surface area contributed by atoms with E-state index in [0.717, 1.165) is 56.1 Å². The van der Waals surface area contributed by atoms with Gasteiger partial charge in [-0.3, -0.25) is 4.79 Å². The van der Waals surface area contributed by atoms with Gasteiger partial charge in [-0.25, -0.2) is 0 Å². The van der Waals surface area contributed by atoms with Crippen molar-refractivity contribution in [3.05, 3.63) is 18.2 Å². The van der Waals surface area contributed by atoms with Gasteiger partial charge in [-0.05, 0) is 25.0 Å². The van der Waals surface area contributed by atoms with Gasteiger partial charge in [0.1, 0.15) is 25.1 Å². The number of benzene rings is 1. The fourth-order valence-electron chi connectivity index (χ4n) is 3.78. The molecule has 1 aromatic carbocycles. The maximum absolute atomic E-state index is 11.3. The molecule has 142 valence electrons. The highest BCUT2D eigenvalue weighted by Gasteiger charge is 2.39. The molecule has 1 spiro atoms. The molecule has 0 aromatic heterocycles. The molecule has 3 aliphatic rings.